The van der Waals surface area contributed by atoms with E-state index < -0.39 is 47.2 Å². The Labute approximate surface area is 234 Å². The summed E-state index contributed by atoms with van der Waals surface area (Å²) in [5.74, 6) is -0.783. The number of carbonyl (C=O) groups excluding carboxylic acids is 4. The van der Waals surface area contributed by atoms with E-state index in [1.54, 1.807) is 69.2 Å². The van der Waals surface area contributed by atoms with Crippen LogP contribution in [0.5, 0.6) is 0 Å². The van der Waals surface area contributed by atoms with Gasteiger partial charge in [-0.2, -0.15) is 0 Å². The highest BCUT2D eigenvalue weighted by Crippen LogP contribution is 2.24. The summed E-state index contributed by atoms with van der Waals surface area (Å²) >= 11 is 0. The van der Waals surface area contributed by atoms with E-state index in [0.717, 1.165) is 9.80 Å². The van der Waals surface area contributed by atoms with Gasteiger partial charge in [0.2, 0.25) is 5.96 Å². The van der Waals surface area contributed by atoms with Gasteiger partial charge in [0.05, 0.1) is 37.1 Å². The number of carbonyl (C=O) groups is 4. The molecule has 13 nitrogen and oxygen atoms in total. The Bertz CT molecular complexity index is 1090. The largest absolute Gasteiger partial charge is 0.509 e. The molecule has 0 radical (unpaired) electrons. The van der Waals surface area contributed by atoms with Gasteiger partial charge in [-0.1, -0.05) is 0 Å². The van der Waals surface area contributed by atoms with Gasteiger partial charge in [-0.15, -0.1) is 0 Å². The molecule has 2 amide bonds. The lowest BCUT2D eigenvalue weighted by atomic mass is 10.2. The molecule has 1 fully saturated rings. The SMILES string of the molecule is CCOC(=O)c1cncc(N=C2N(C(=O)OC(C)(C)C)CC(OC(=O)OC(C)(C)C)CN2C(=O)OC(C)(C)C)c1. The van der Waals surface area contributed by atoms with Crippen LogP contribution in [0.3, 0.4) is 0 Å². The maximum Gasteiger partial charge on any atom is 0.509 e. The molecule has 0 atom stereocenters. The minimum absolute atomic E-state index is 0.123. The Kier molecular flexibility index (Phi) is 10.1. The molecule has 1 aliphatic rings. The van der Waals surface area contributed by atoms with Crippen molar-refractivity contribution in [1.82, 2.24) is 14.8 Å². The maximum atomic E-state index is 13.4. The summed E-state index contributed by atoms with van der Waals surface area (Å²) < 4.78 is 26.9. The Hall–Kier alpha value is -3.90. The van der Waals surface area contributed by atoms with E-state index in [1.165, 1.54) is 18.5 Å². The van der Waals surface area contributed by atoms with Crippen molar-refractivity contribution in [1.29, 1.82) is 0 Å². The fourth-order valence-corrected chi connectivity index (χ4v) is 3.26. The fourth-order valence-electron chi connectivity index (χ4n) is 3.26. The number of aromatic nitrogens is 1. The maximum absolute atomic E-state index is 13.4. The van der Waals surface area contributed by atoms with Crippen LogP contribution in [0.1, 0.15) is 79.6 Å². The number of aliphatic imine (C=N–C) groups is 1. The minimum atomic E-state index is -1.02. The third kappa shape index (κ3) is 10.3. The highest BCUT2D eigenvalue weighted by Gasteiger charge is 2.42. The van der Waals surface area contributed by atoms with Gasteiger partial charge in [-0.25, -0.2) is 34.0 Å². The third-order valence-corrected chi connectivity index (χ3v) is 4.60. The molecule has 1 aliphatic heterocycles. The van der Waals surface area contributed by atoms with Crippen molar-refractivity contribution in [3.8, 4) is 0 Å². The van der Waals surface area contributed by atoms with E-state index in [0.29, 0.717) is 0 Å². The summed E-state index contributed by atoms with van der Waals surface area (Å²) in [4.78, 5) is 62.1. The first-order chi connectivity index (χ1) is 18.3. The summed E-state index contributed by atoms with van der Waals surface area (Å²) in [6, 6.07) is 1.40. The number of hydrogen-bond acceptors (Lipinski definition) is 11. The van der Waals surface area contributed by atoms with Crippen LogP contribution in [0.4, 0.5) is 20.1 Å². The molecule has 0 N–H and O–H groups in total. The van der Waals surface area contributed by atoms with Crippen LogP contribution in [0.2, 0.25) is 0 Å². The van der Waals surface area contributed by atoms with E-state index in [1.807, 2.05) is 0 Å². The Morgan fingerprint density at radius 2 is 1.35 bits per heavy atom. The van der Waals surface area contributed by atoms with Gasteiger partial charge in [0.15, 0.2) is 0 Å². The van der Waals surface area contributed by atoms with Crippen molar-refractivity contribution in [2.75, 3.05) is 19.7 Å². The van der Waals surface area contributed by atoms with Gasteiger partial charge in [0, 0.05) is 6.20 Å². The average Bonchev–Trinajstić information content (AvgIpc) is 2.76. The Morgan fingerprint density at radius 1 is 0.850 bits per heavy atom. The number of amides is 2. The first-order valence-electron chi connectivity index (χ1n) is 12.9. The third-order valence-electron chi connectivity index (χ3n) is 4.60. The van der Waals surface area contributed by atoms with Crippen molar-refractivity contribution < 1.29 is 42.9 Å². The molecule has 0 bridgehead atoms. The van der Waals surface area contributed by atoms with E-state index in [2.05, 4.69) is 9.98 Å². The first kappa shape index (κ1) is 32.3. The molecule has 40 heavy (non-hydrogen) atoms. The molecule has 0 aromatic carbocycles. The number of esters is 1. The van der Waals surface area contributed by atoms with Gasteiger partial charge in [0.25, 0.3) is 0 Å². The van der Waals surface area contributed by atoms with E-state index in [9.17, 15) is 19.2 Å². The van der Waals surface area contributed by atoms with Crippen molar-refractivity contribution in [2.24, 2.45) is 4.99 Å². The molecule has 1 aromatic heterocycles. The van der Waals surface area contributed by atoms with Gasteiger partial charge in [-0.3, -0.25) is 4.98 Å². The molecule has 1 saturated heterocycles. The molecule has 13 heteroatoms. The smallest absolute Gasteiger partial charge is 0.462 e. The number of nitrogens with zero attached hydrogens (tertiary/aromatic N) is 4. The molecular weight excluding hydrogens is 524 g/mol. The lowest BCUT2D eigenvalue weighted by molar-refractivity contribution is -0.0451. The van der Waals surface area contributed by atoms with E-state index in [-0.39, 0.29) is 36.9 Å². The second kappa shape index (κ2) is 12.5. The fraction of sp³-hybridized carbons (Fsp3) is 0.630. The summed E-state index contributed by atoms with van der Waals surface area (Å²) in [6.07, 6.45) is -1.04. The summed E-state index contributed by atoms with van der Waals surface area (Å²) in [5, 5.41) is 0. The standard InChI is InChI=1S/C27H40N4O9/c1-11-36-20(32)17-12-18(14-28-13-17)29-21-30(22(33)38-25(2,3)4)15-19(37-24(35)40-27(8,9)10)16-31(21)23(34)39-26(5,6)7/h12-14,19H,11,15-16H2,1-10H3. The predicted octanol–water partition coefficient (Wildman–Crippen LogP) is 5.05. The van der Waals surface area contributed by atoms with Crippen LogP contribution in [-0.2, 0) is 23.7 Å². The van der Waals surface area contributed by atoms with E-state index >= 15 is 0 Å². The number of ether oxygens (including phenoxy) is 5. The summed E-state index contributed by atoms with van der Waals surface area (Å²) in [5.41, 5.74) is -2.36. The molecule has 2 heterocycles. The number of guanidine groups is 1. The van der Waals surface area contributed by atoms with Crippen LogP contribution in [-0.4, -0.2) is 87.7 Å². The van der Waals surface area contributed by atoms with Crippen molar-refractivity contribution in [3.63, 3.8) is 0 Å². The van der Waals surface area contributed by atoms with Gasteiger partial charge >= 0.3 is 24.3 Å². The predicted molar refractivity (Wildman–Crippen MR) is 144 cm³/mol. The Morgan fingerprint density at radius 3 is 1.80 bits per heavy atom. The minimum Gasteiger partial charge on any atom is -0.462 e. The van der Waals surface area contributed by atoms with Crippen LogP contribution < -0.4 is 0 Å². The monoisotopic (exact) mass is 564 g/mol. The Balaban J connectivity index is 2.60. The molecule has 0 aliphatic carbocycles. The van der Waals surface area contributed by atoms with Gasteiger partial charge in [0.1, 0.15) is 22.9 Å². The molecule has 222 valence electrons. The summed E-state index contributed by atoms with van der Waals surface area (Å²) in [6.45, 7) is 16.5. The topological polar surface area (TPSA) is 146 Å². The zero-order valence-corrected chi connectivity index (χ0v) is 24.9. The average molecular weight is 565 g/mol. The van der Waals surface area contributed by atoms with Crippen LogP contribution >= 0.6 is 0 Å². The molecule has 0 unspecified atom stereocenters. The van der Waals surface area contributed by atoms with E-state index in [4.69, 9.17) is 23.7 Å². The van der Waals surface area contributed by atoms with Crippen LogP contribution in [0.15, 0.2) is 23.5 Å². The number of rotatable bonds is 4. The number of pyridine rings is 1. The lowest BCUT2D eigenvalue weighted by Gasteiger charge is -2.40. The molecule has 2 rings (SSSR count). The van der Waals surface area contributed by atoms with Crippen molar-refractivity contribution in [3.05, 3.63) is 24.0 Å². The molecular formula is C27H40N4O9. The zero-order chi connectivity index (χ0) is 30.5. The molecule has 0 spiro atoms. The van der Waals surface area contributed by atoms with Crippen molar-refractivity contribution >= 4 is 36.0 Å². The molecule has 1 aromatic rings. The van der Waals surface area contributed by atoms with Crippen LogP contribution in [0.25, 0.3) is 0 Å². The zero-order valence-electron chi connectivity index (χ0n) is 24.9. The van der Waals surface area contributed by atoms with Gasteiger partial charge < -0.3 is 23.7 Å². The normalized spacial score (nSPS) is 16.1. The number of hydrogen-bond donors (Lipinski definition) is 0. The molecule has 0 saturated carbocycles. The van der Waals surface area contributed by atoms with Gasteiger partial charge in [-0.05, 0) is 75.3 Å². The highest BCUT2D eigenvalue weighted by molar-refractivity contribution is 6.03. The first-order valence-corrected chi connectivity index (χ1v) is 12.9. The lowest BCUT2D eigenvalue weighted by Crippen LogP contribution is -2.61. The summed E-state index contributed by atoms with van der Waals surface area (Å²) in [7, 11) is 0. The second-order valence-corrected chi connectivity index (χ2v) is 12.0. The highest BCUT2D eigenvalue weighted by atomic mass is 16.7. The second-order valence-electron chi connectivity index (χ2n) is 12.0. The van der Waals surface area contributed by atoms with Crippen LogP contribution in [0, 0.1) is 0 Å². The van der Waals surface area contributed by atoms with Crippen molar-refractivity contribution in [2.45, 2.75) is 92.1 Å². The quantitative estimate of drug-likeness (QED) is 0.359.